The Morgan fingerprint density at radius 2 is 2.24 bits per heavy atom. The summed E-state index contributed by atoms with van der Waals surface area (Å²) in [6.07, 6.45) is 13.3. The lowest BCUT2D eigenvalue weighted by molar-refractivity contribution is 0.295. The number of hydrogen-bond donors (Lipinski definition) is 2. The number of nitrogens with zero attached hydrogens (tertiary/aromatic N) is 1. The van der Waals surface area contributed by atoms with Gasteiger partial charge in [-0.15, -0.1) is 0 Å². The molecule has 0 bridgehead atoms. The second-order valence-electron chi connectivity index (χ2n) is 5.22. The van der Waals surface area contributed by atoms with E-state index >= 15 is 0 Å². The Morgan fingerprint density at radius 3 is 2.88 bits per heavy atom. The SMILES string of the molecule is CCCNC(CC1CCCCC1)c1ncc[nH]1. The van der Waals surface area contributed by atoms with Gasteiger partial charge in [-0.2, -0.15) is 0 Å². The predicted octanol–water partition coefficient (Wildman–Crippen LogP) is 3.42. The highest BCUT2D eigenvalue weighted by Crippen LogP contribution is 2.30. The molecule has 1 saturated carbocycles. The quantitative estimate of drug-likeness (QED) is 0.793. The van der Waals surface area contributed by atoms with Gasteiger partial charge in [-0.3, -0.25) is 0 Å². The molecule has 0 saturated heterocycles. The molecule has 96 valence electrons. The molecule has 0 aliphatic heterocycles. The summed E-state index contributed by atoms with van der Waals surface area (Å²) in [6, 6.07) is 0.424. The first-order chi connectivity index (χ1) is 8.40. The Balaban J connectivity index is 1.90. The number of aromatic amines is 1. The van der Waals surface area contributed by atoms with Gasteiger partial charge in [0.05, 0.1) is 6.04 Å². The van der Waals surface area contributed by atoms with Crippen LogP contribution in [-0.4, -0.2) is 16.5 Å². The van der Waals surface area contributed by atoms with Crippen LogP contribution in [0.15, 0.2) is 12.4 Å². The summed E-state index contributed by atoms with van der Waals surface area (Å²) >= 11 is 0. The largest absolute Gasteiger partial charge is 0.347 e. The van der Waals surface area contributed by atoms with Gasteiger partial charge >= 0.3 is 0 Å². The molecule has 17 heavy (non-hydrogen) atoms. The molecule has 1 aliphatic carbocycles. The van der Waals surface area contributed by atoms with Crippen molar-refractivity contribution in [1.82, 2.24) is 15.3 Å². The highest BCUT2D eigenvalue weighted by atomic mass is 15.0. The molecule has 1 aromatic rings. The van der Waals surface area contributed by atoms with Crippen molar-refractivity contribution < 1.29 is 0 Å². The molecule has 3 heteroatoms. The summed E-state index contributed by atoms with van der Waals surface area (Å²) in [6.45, 7) is 3.30. The van der Waals surface area contributed by atoms with E-state index in [0.29, 0.717) is 6.04 Å². The summed E-state index contributed by atoms with van der Waals surface area (Å²) in [4.78, 5) is 7.68. The molecule has 1 fully saturated rings. The van der Waals surface area contributed by atoms with Crippen molar-refractivity contribution in [1.29, 1.82) is 0 Å². The van der Waals surface area contributed by atoms with Crippen LogP contribution in [-0.2, 0) is 0 Å². The molecule has 1 unspecified atom stereocenters. The van der Waals surface area contributed by atoms with E-state index in [1.54, 1.807) is 0 Å². The number of nitrogens with one attached hydrogen (secondary N) is 2. The number of H-pyrrole nitrogens is 1. The summed E-state index contributed by atoms with van der Waals surface area (Å²) in [5.74, 6) is 2.01. The Kier molecular flexibility index (Phi) is 5.05. The zero-order chi connectivity index (χ0) is 11.9. The van der Waals surface area contributed by atoms with Gasteiger partial charge in [0.15, 0.2) is 0 Å². The second kappa shape index (κ2) is 6.80. The third-order valence-corrected chi connectivity index (χ3v) is 3.78. The fourth-order valence-electron chi connectivity index (χ4n) is 2.83. The minimum absolute atomic E-state index is 0.424. The summed E-state index contributed by atoms with van der Waals surface area (Å²) in [5, 5.41) is 3.63. The van der Waals surface area contributed by atoms with Gasteiger partial charge in [-0.25, -0.2) is 4.98 Å². The van der Waals surface area contributed by atoms with E-state index in [1.807, 2.05) is 12.4 Å². The lowest BCUT2D eigenvalue weighted by atomic mass is 9.84. The third kappa shape index (κ3) is 3.84. The molecule has 1 aromatic heterocycles. The average molecular weight is 235 g/mol. The van der Waals surface area contributed by atoms with E-state index in [1.165, 1.54) is 44.9 Å². The zero-order valence-electron chi connectivity index (χ0n) is 10.9. The van der Waals surface area contributed by atoms with Crippen molar-refractivity contribution in [2.45, 2.75) is 57.9 Å². The highest BCUT2D eigenvalue weighted by Gasteiger charge is 2.20. The Labute approximate surface area is 104 Å². The molecule has 1 aliphatic rings. The van der Waals surface area contributed by atoms with Gasteiger partial charge in [0, 0.05) is 12.4 Å². The molecule has 0 radical (unpaired) electrons. The maximum atomic E-state index is 4.42. The number of hydrogen-bond acceptors (Lipinski definition) is 2. The monoisotopic (exact) mass is 235 g/mol. The molecule has 2 rings (SSSR count). The van der Waals surface area contributed by atoms with Crippen LogP contribution in [0.5, 0.6) is 0 Å². The Bertz CT molecular complexity index is 288. The van der Waals surface area contributed by atoms with Gasteiger partial charge in [0.25, 0.3) is 0 Å². The smallest absolute Gasteiger partial charge is 0.123 e. The topological polar surface area (TPSA) is 40.7 Å². The van der Waals surface area contributed by atoms with Crippen molar-refractivity contribution >= 4 is 0 Å². The van der Waals surface area contributed by atoms with Crippen LogP contribution in [0, 0.1) is 5.92 Å². The molecule has 0 amide bonds. The van der Waals surface area contributed by atoms with Crippen LogP contribution >= 0.6 is 0 Å². The third-order valence-electron chi connectivity index (χ3n) is 3.78. The first kappa shape index (κ1) is 12.6. The minimum atomic E-state index is 0.424. The van der Waals surface area contributed by atoms with Crippen LogP contribution in [0.3, 0.4) is 0 Å². The predicted molar refractivity (Wildman–Crippen MR) is 70.8 cm³/mol. The molecule has 0 aromatic carbocycles. The van der Waals surface area contributed by atoms with Gasteiger partial charge in [0.2, 0.25) is 0 Å². The molecule has 1 atom stereocenters. The zero-order valence-corrected chi connectivity index (χ0v) is 10.9. The van der Waals surface area contributed by atoms with Crippen molar-refractivity contribution in [3.8, 4) is 0 Å². The number of aromatic nitrogens is 2. The summed E-state index contributed by atoms with van der Waals surface area (Å²) in [7, 11) is 0. The molecule has 0 spiro atoms. The minimum Gasteiger partial charge on any atom is -0.347 e. The van der Waals surface area contributed by atoms with Crippen LogP contribution in [0.1, 0.15) is 63.7 Å². The van der Waals surface area contributed by atoms with Crippen LogP contribution in [0.4, 0.5) is 0 Å². The first-order valence-electron chi connectivity index (χ1n) is 7.12. The summed E-state index contributed by atoms with van der Waals surface area (Å²) in [5.41, 5.74) is 0. The lowest BCUT2D eigenvalue weighted by Crippen LogP contribution is -2.26. The van der Waals surface area contributed by atoms with Crippen LogP contribution in [0.2, 0.25) is 0 Å². The maximum absolute atomic E-state index is 4.42. The van der Waals surface area contributed by atoms with E-state index in [9.17, 15) is 0 Å². The van der Waals surface area contributed by atoms with Crippen molar-refractivity contribution in [2.75, 3.05) is 6.54 Å². The lowest BCUT2D eigenvalue weighted by Gasteiger charge is -2.26. The van der Waals surface area contributed by atoms with Gasteiger partial charge < -0.3 is 10.3 Å². The van der Waals surface area contributed by atoms with E-state index in [0.717, 1.165) is 18.3 Å². The summed E-state index contributed by atoms with van der Waals surface area (Å²) < 4.78 is 0. The normalized spacial score (nSPS) is 19.4. The fourth-order valence-corrected chi connectivity index (χ4v) is 2.83. The van der Waals surface area contributed by atoms with Crippen molar-refractivity contribution in [3.05, 3.63) is 18.2 Å². The van der Waals surface area contributed by atoms with E-state index < -0.39 is 0 Å². The maximum Gasteiger partial charge on any atom is 0.123 e. The van der Waals surface area contributed by atoms with E-state index in [-0.39, 0.29) is 0 Å². The van der Waals surface area contributed by atoms with Crippen molar-refractivity contribution in [3.63, 3.8) is 0 Å². The molecular weight excluding hydrogens is 210 g/mol. The first-order valence-corrected chi connectivity index (χ1v) is 7.12. The highest BCUT2D eigenvalue weighted by molar-refractivity contribution is 4.96. The standard InChI is InChI=1S/C14H25N3/c1-2-8-15-13(14-16-9-10-17-14)11-12-6-4-3-5-7-12/h9-10,12-13,15H,2-8,11H2,1H3,(H,16,17). The van der Waals surface area contributed by atoms with Gasteiger partial charge in [-0.1, -0.05) is 39.0 Å². The van der Waals surface area contributed by atoms with Crippen LogP contribution < -0.4 is 5.32 Å². The van der Waals surface area contributed by atoms with Gasteiger partial charge in [-0.05, 0) is 25.3 Å². The molecule has 1 heterocycles. The Hall–Kier alpha value is -0.830. The molecule has 3 nitrogen and oxygen atoms in total. The molecular formula is C14H25N3. The van der Waals surface area contributed by atoms with E-state index in [2.05, 4.69) is 22.2 Å². The number of rotatable bonds is 6. The molecule has 2 N–H and O–H groups in total. The Morgan fingerprint density at radius 1 is 1.41 bits per heavy atom. The van der Waals surface area contributed by atoms with Gasteiger partial charge in [0.1, 0.15) is 5.82 Å². The van der Waals surface area contributed by atoms with Crippen molar-refractivity contribution in [2.24, 2.45) is 5.92 Å². The fraction of sp³-hybridized carbons (Fsp3) is 0.786. The second-order valence-corrected chi connectivity index (χ2v) is 5.22. The van der Waals surface area contributed by atoms with E-state index in [4.69, 9.17) is 0 Å². The van der Waals surface area contributed by atoms with Crippen LogP contribution in [0.25, 0.3) is 0 Å². The number of imidazole rings is 1. The average Bonchev–Trinajstić information content (AvgIpc) is 2.89.